The van der Waals surface area contributed by atoms with E-state index in [-0.39, 0.29) is 22.3 Å². The number of thiocarbonyl (C=S) groups is 1. The van der Waals surface area contributed by atoms with E-state index < -0.39 is 5.91 Å². The highest BCUT2D eigenvalue weighted by atomic mass is 35.5. The van der Waals surface area contributed by atoms with Crippen LogP contribution in [0, 0.1) is 0 Å². The minimum atomic E-state index is -0.457. The number of ether oxygens (including phenoxy) is 1. The van der Waals surface area contributed by atoms with E-state index >= 15 is 0 Å². The Balaban J connectivity index is 1.36. The minimum absolute atomic E-state index is 0.0982. The molecule has 0 atom stereocenters. The fourth-order valence-corrected chi connectivity index (χ4v) is 3.50. The van der Waals surface area contributed by atoms with Gasteiger partial charge in [0.05, 0.1) is 12.7 Å². The average Bonchev–Trinajstić information content (AvgIpc) is 3.25. The molecule has 1 heterocycles. The van der Waals surface area contributed by atoms with Crippen molar-refractivity contribution in [2.75, 3.05) is 17.7 Å². The van der Waals surface area contributed by atoms with E-state index in [1.54, 1.807) is 48.5 Å². The van der Waals surface area contributed by atoms with Crippen LogP contribution in [0.1, 0.15) is 20.9 Å². The van der Waals surface area contributed by atoms with Gasteiger partial charge in [-0.1, -0.05) is 29.8 Å². The molecule has 0 bridgehead atoms. The number of halogens is 1. The van der Waals surface area contributed by atoms with Gasteiger partial charge in [0.25, 0.3) is 11.8 Å². The topological polar surface area (TPSA) is 92.6 Å². The molecule has 3 aromatic carbocycles. The number of anilines is 2. The molecule has 166 valence electrons. The van der Waals surface area contributed by atoms with Gasteiger partial charge in [-0.25, -0.2) is 0 Å². The summed E-state index contributed by atoms with van der Waals surface area (Å²) in [6.07, 6.45) is 0. The molecule has 2 amide bonds. The molecule has 0 aliphatic rings. The Morgan fingerprint density at radius 1 is 0.909 bits per heavy atom. The molecule has 4 rings (SSSR count). The van der Waals surface area contributed by atoms with Crippen LogP contribution in [0.4, 0.5) is 11.4 Å². The second-order valence-electron chi connectivity index (χ2n) is 6.93. The SMILES string of the molecule is COc1ccc(Cl)cc1C(=O)NC(=S)Nc1ccc(NC(=O)c2cc3ccccc3o2)cc1. The second kappa shape index (κ2) is 9.72. The number of furan rings is 1. The smallest absolute Gasteiger partial charge is 0.291 e. The zero-order valence-electron chi connectivity index (χ0n) is 17.3. The monoisotopic (exact) mass is 479 g/mol. The Kier molecular flexibility index (Phi) is 6.58. The Bertz CT molecular complexity index is 1320. The quantitative estimate of drug-likeness (QED) is 0.328. The maximum absolute atomic E-state index is 12.5. The molecule has 9 heteroatoms. The van der Waals surface area contributed by atoms with Crippen LogP contribution in [-0.4, -0.2) is 24.0 Å². The van der Waals surface area contributed by atoms with Gasteiger partial charge in [-0.2, -0.15) is 0 Å². The largest absolute Gasteiger partial charge is 0.496 e. The molecule has 0 unspecified atom stereocenters. The van der Waals surface area contributed by atoms with Gasteiger partial charge in [0.2, 0.25) is 0 Å². The summed E-state index contributed by atoms with van der Waals surface area (Å²) in [4.78, 5) is 25.0. The molecule has 7 nitrogen and oxygen atoms in total. The van der Waals surface area contributed by atoms with E-state index in [1.807, 2.05) is 18.2 Å². The van der Waals surface area contributed by atoms with Gasteiger partial charge >= 0.3 is 0 Å². The third-order valence-electron chi connectivity index (χ3n) is 4.68. The van der Waals surface area contributed by atoms with Gasteiger partial charge in [-0.3, -0.25) is 14.9 Å². The third kappa shape index (κ3) is 5.31. The van der Waals surface area contributed by atoms with Crippen molar-refractivity contribution in [2.24, 2.45) is 0 Å². The fourth-order valence-electron chi connectivity index (χ4n) is 3.11. The second-order valence-corrected chi connectivity index (χ2v) is 7.78. The summed E-state index contributed by atoms with van der Waals surface area (Å²) in [5, 5.41) is 9.65. The molecule has 3 N–H and O–H groups in total. The first-order valence-electron chi connectivity index (χ1n) is 9.79. The highest BCUT2D eigenvalue weighted by molar-refractivity contribution is 7.80. The van der Waals surface area contributed by atoms with Crippen LogP contribution in [0.5, 0.6) is 5.75 Å². The number of carbonyl (C=O) groups excluding carboxylic acids is 2. The fraction of sp³-hybridized carbons (Fsp3) is 0.0417. The van der Waals surface area contributed by atoms with E-state index in [0.29, 0.717) is 27.7 Å². The molecular formula is C24H18ClN3O4S. The van der Waals surface area contributed by atoms with Crippen LogP contribution in [-0.2, 0) is 0 Å². The van der Waals surface area contributed by atoms with Crippen LogP contribution in [0.25, 0.3) is 11.0 Å². The van der Waals surface area contributed by atoms with Gasteiger partial charge in [0.1, 0.15) is 11.3 Å². The molecule has 0 fully saturated rings. The lowest BCUT2D eigenvalue weighted by Gasteiger charge is -2.12. The summed E-state index contributed by atoms with van der Waals surface area (Å²) in [6, 6.07) is 20.7. The molecule has 0 radical (unpaired) electrons. The molecule has 0 aliphatic carbocycles. The molecule has 1 aromatic heterocycles. The summed E-state index contributed by atoms with van der Waals surface area (Å²) >= 11 is 11.2. The Hall–Kier alpha value is -3.88. The Morgan fingerprint density at radius 2 is 1.61 bits per heavy atom. The van der Waals surface area contributed by atoms with E-state index in [9.17, 15) is 9.59 Å². The predicted molar refractivity (Wildman–Crippen MR) is 132 cm³/mol. The first-order valence-corrected chi connectivity index (χ1v) is 10.6. The molecule has 0 saturated carbocycles. The van der Waals surface area contributed by atoms with Crippen molar-refractivity contribution in [1.29, 1.82) is 0 Å². The lowest BCUT2D eigenvalue weighted by Crippen LogP contribution is -2.34. The number of nitrogens with one attached hydrogen (secondary N) is 3. The van der Waals surface area contributed by atoms with Crippen molar-refractivity contribution in [3.8, 4) is 5.75 Å². The maximum Gasteiger partial charge on any atom is 0.291 e. The van der Waals surface area contributed by atoms with Crippen LogP contribution in [0.15, 0.2) is 77.2 Å². The third-order valence-corrected chi connectivity index (χ3v) is 5.12. The first-order chi connectivity index (χ1) is 15.9. The van der Waals surface area contributed by atoms with E-state index in [4.69, 9.17) is 33.0 Å². The van der Waals surface area contributed by atoms with Crippen molar-refractivity contribution in [3.05, 3.63) is 89.1 Å². The number of carbonyl (C=O) groups is 2. The van der Waals surface area contributed by atoms with Crippen molar-refractivity contribution in [1.82, 2.24) is 5.32 Å². The van der Waals surface area contributed by atoms with Crippen molar-refractivity contribution in [2.45, 2.75) is 0 Å². The van der Waals surface area contributed by atoms with E-state index in [0.717, 1.165) is 5.39 Å². The zero-order valence-corrected chi connectivity index (χ0v) is 18.9. The highest BCUT2D eigenvalue weighted by Crippen LogP contribution is 2.23. The highest BCUT2D eigenvalue weighted by Gasteiger charge is 2.15. The van der Waals surface area contributed by atoms with E-state index in [2.05, 4.69) is 16.0 Å². The lowest BCUT2D eigenvalue weighted by molar-refractivity contribution is 0.0972. The van der Waals surface area contributed by atoms with Gasteiger partial charge in [0.15, 0.2) is 10.9 Å². The van der Waals surface area contributed by atoms with Crippen molar-refractivity contribution in [3.63, 3.8) is 0 Å². The number of hydrogen-bond donors (Lipinski definition) is 3. The molecule has 33 heavy (non-hydrogen) atoms. The van der Waals surface area contributed by atoms with Crippen molar-refractivity contribution >= 4 is 63.1 Å². The molecule has 0 spiro atoms. The van der Waals surface area contributed by atoms with Gasteiger partial charge in [-0.05, 0) is 66.8 Å². The average molecular weight is 480 g/mol. The molecule has 0 saturated heterocycles. The summed E-state index contributed by atoms with van der Waals surface area (Å²) in [7, 11) is 1.46. The zero-order chi connectivity index (χ0) is 23.4. The first kappa shape index (κ1) is 22.3. The van der Waals surface area contributed by atoms with Crippen LogP contribution in [0.2, 0.25) is 5.02 Å². The van der Waals surface area contributed by atoms with Crippen LogP contribution >= 0.6 is 23.8 Å². The predicted octanol–water partition coefficient (Wildman–Crippen LogP) is 5.47. The summed E-state index contributed by atoms with van der Waals surface area (Å²) in [5.41, 5.74) is 2.11. The number of para-hydroxylation sites is 1. The number of rotatable bonds is 5. The Morgan fingerprint density at radius 3 is 2.30 bits per heavy atom. The van der Waals surface area contributed by atoms with Gasteiger partial charge in [-0.15, -0.1) is 0 Å². The van der Waals surface area contributed by atoms with E-state index in [1.165, 1.54) is 13.2 Å². The minimum Gasteiger partial charge on any atom is -0.496 e. The summed E-state index contributed by atoms with van der Waals surface area (Å²) in [6.45, 7) is 0. The van der Waals surface area contributed by atoms with Crippen LogP contribution in [0.3, 0.4) is 0 Å². The standard InChI is InChI=1S/C24H18ClN3O4S/c1-31-20-11-6-15(25)13-18(20)22(29)28-24(33)27-17-9-7-16(8-10-17)26-23(30)21-12-14-4-2-3-5-19(14)32-21/h2-13H,1H3,(H,26,30)(H2,27,28,29,33). The number of hydrogen-bond acceptors (Lipinski definition) is 5. The molecule has 0 aliphatic heterocycles. The molecular weight excluding hydrogens is 462 g/mol. The number of fused-ring (bicyclic) bond motifs is 1. The number of amides is 2. The maximum atomic E-state index is 12.5. The summed E-state index contributed by atoms with van der Waals surface area (Å²) < 4.78 is 10.8. The van der Waals surface area contributed by atoms with Gasteiger partial charge < -0.3 is 19.8 Å². The van der Waals surface area contributed by atoms with Crippen molar-refractivity contribution < 1.29 is 18.7 Å². The number of methoxy groups -OCH3 is 1. The normalized spacial score (nSPS) is 10.5. The molecule has 4 aromatic rings. The van der Waals surface area contributed by atoms with Gasteiger partial charge in [0, 0.05) is 21.8 Å². The number of benzene rings is 3. The Labute approximate surface area is 199 Å². The van der Waals surface area contributed by atoms with Crippen LogP contribution < -0.4 is 20.7 Å². The summed E-state index contributed by atoms with van der Waals surface area (Å²) in [5.74, 6) is -0.213. The lowest BCUT2D eigenvalue weighted by atomic mass is 10.2.